The number of fused-ring (bicyclic) bond motifs is 1. The molecule has 0 unspecified atom stereocenters. The van der Waals surface area contributed by atoms with Crippen LogP contribution in [-0.2, 0) is 6.54 Å². The highest BCUT2D eigenvalue weighted by atomic mass is 16.5. The summed E-state index contributed by atoms with van der Waals surface area (Å²) < 4.78 is 12.8. The molecular weight excluding hydrogens is 426 g/mol. The van der Waals surface area contributed by atoms with Gasteiger partial charge in [0.25, 0.3) is 5.91 Å². The maximum Gasteiger partial charge on any atom is 0.254 e. The van der Waals surface area contributed by atoms with E-state index in [9.17, 15) is 4.79 Å². The Hall–Kier alpha value is -3.80. The van der Waals surface area contributed by atoms with E-state index in [1.54, 1.807) is 14.2 Å². The van der Waals surface area contributed by atoms with Crippen LogP contribution in [0.5, 0.6) is 11.5 Å². The summed E-state index contributed by atoms with van der Waals surface area (Å²) in [4.78, 5) is 20.4. The van der Waals surface area contributed by atoms with E-state index < -0.39 is 0 Å². The first kappa shape index (κ1) is 23.4. The molecule has 6 heteroatoms. The van der Waals surface area contributed by atoms with Crippen LogP contribution in [0.15, 0.2) is 60.7 Å². The molecule has 0 saturated carbocycles. The van der Waals surface area contributed by atoms with Crippen molar-refractivity contribution in [3.05, 3.63) is 83.2 Å². The zero-order valence-electron chi connectivity index (χ0n) is 20.5. The van der Waals surface area contributed by atoms with E-state index in [0.29, 0.717) is 18.7 Å². The van der Waals surface area contributed by atoms with Crippen LogP contribution in [0.1, 0.15) is 40.7 Å². The van der Waals surface area contributed by atoms with Gasteiger partial charge in [-0.3, -0.25) is 9.36 Å². The maximum absolute atomic E-state index is 13.6. The number of nitrogens with zero attached hydrogens (tertiary/aromatic N) is 3. The lowest BCUT2D eigenvalue weighted by molar-refractivity contribution is 0.0737. The fourth-order valence-electron chi connectivity index (χ4n) is 4.23. The van der Waals surface area contributed by atoms with Gasteiger partial charge in [0, 0.05) is 17.8 Å². The van der Waals surface area contributed by atoms with Gasteiger partial charge in [-0.2, -0.15) is 0 Å². The van der Waals surface area contributed by atoms with Gasteiger partial charge in [-0.25, -0.2) is 4.98 Å². The molecule has 3 aromatic carbocycles. The molecule has 176 valence electrons. The molecule has 1 aromatic heterocycles. The average Bonchev–Trinajstić information content (AvgIpc) is 3.20. The van der Waals surface area contributed by atoms with E-state index in [1.807, 2.05) is 54.3 Å². The number of aromatic nitrogens is 2. The minimum Gasteiger partial charge on any atom is -0.497 e. The third-order valence-electron chi connectivity index (χ3n) is 5.99. The number of hydrogen-bond acceptors (Lipinski definition) is 4. The largest absolute Gasteiger partial charge is 0.497 e. The van der Waals surface area contributed by atoms with Crippen molar-refractivity contribution >= 4 is 16.9 Å². The Balaban J connectivity index is 1.77. The normalized spacial score (nSPS) is 11.0. The minimum absolute atomic E-state index is 0.00785. The quantitative estimate of drug-likeness (QED) is 0.340. The summed E-state index contributed by atoms with van der Waals surface area (Å²) in [5.41, 5.74) is 5.62. The lowest BCUT2D eigenvalue weighted by Crippen LogP contribution is -2.32. The second-order valence-corrected chi connectivity index (χ2v) is 8.46. The molecule has 1 heterocycles. The van der Waals surface area contributed by atoms with Crippen molar-refractivity contribution in [3.8, 4) is 17.2 Å². The van der Waals surface area contributed by atoms with Gasteiger partial charge in [0.05, 0.1) is 31.8 Å². The molecule has 0 radical (unpaired) electrons. The predicted molar refractivity (Wildman–Crippen MR) is 135 cm³/mol. The molecule has 6 nitrogen and oxygen atoms in total. The van der Waals surface area contributed by atoms with Crippen LogP contribution in [0.4, 0.5) is 0 Å². The first-order valence-electron chi connectivity index (χ1n) is 11.5. The number of amides is 1. The second kappa shape index (κ2) is 10.00. The Bertz CT molecular complexity index is 1310. The second-order valence-electron chi connectivity index (χ2n) is 8.46. The van der Waals surface area contributed by atoms with Crippen molar-refractivity contribution in [1.82, 2.24) is 14.5 Å². The zero-order chi connectivity index (χ0) is 24.2. The fourth-order valence-corrected chi connectivity index (χ4v) is 4.23. The molecule has 0 aliphatic carbocycles. The number of imidazole rings is 1. The summed E-state index contributed by atoms with van der Waals surface area (Å²) >= 11 is 0. The number of carbonyl (C=O) groups is 1. The summed E-state index contributed by atoms with van der Waals surface area (Å²) in [6.45, 7) is 7.12. The number of rotatable bonds is 8. The number of benzene rings is 3. The Morgan fingerprint density at radius 1 is 0.941 bits per heavy atom. The number of ether oxygens (including phenoxy) is 2. The van der Waals surface area contributed by atoms with Gasteiger partial charge in [0.2, 0.25) is 0 Å². The molecule has 4 rings (SSSR count). The van der Waals surface area contributed by atoms with Crippen molar-refractivity contribution in [3.63, 3.8) is 0 Å². The number of aryl methyl sites for hydroxylation is 2. The average molecular weight is 458 g/mol. The van der Waals surface area contributed by atoms with Crippen LogP contribution in [-0.4, -0.2) is 41.1 Å². The number of carbonyl (C=O) groups excluding carboxylic acids is 1. The third kappa shape index (κ3) is 4.62. The lowest BCUT2D eigenvalue weighted by Gasteiger charge is -2.23. The van der Waals surface area contributed by atoms with Crippen LogP contribution in [0.3, 0.4) is 0 Å². The van der Waals surface area contributed by atoms with E-state index >= 15 is 0 Å². The molecule has 0 fully saturated rings. The molecule has 0 atom stereocenters. The molecule has 0 aliphatic heterocycles. The Morgan fingerprint density at radius 3 is 2.29 bits per heavy atom. The van der Waals surface area contributed by atoms with Crippen LogP contribution in [0, 0.1) is 13.8 Å². The molecule has 1 amide bonds. The van der Waals surface area contributed by atoms with Gasteiger partial charge in [-0.05, 0) is 86.0 Å². The van der Waals surface area contributed by atoms with Gasteiger partial charge in [-0.15, -0.1) is 0 Å². The van der Waals surface area contributed by atoms with Crippen molar-refractivity contribution in [2.24, 2.45) is 0 Å². The minimum atomic E-state index is -0.00785. The van der Waals surface area contributed by atoms with Gasteiger partial charge < -0.3 is 14.4 Å². The Labute approximate surface area is 200 Å². The van der Waals surface area contributed by atoms with Gasteiger partial charge >= 0.3 is 0 Å². The summed E-state index contributed by atoms with van der Waals surface area (Å²) in [5.74, 6) is 2.35. The maximum atomic E-state index is 13.6. The predicted octanol–water partition coefficient (Wildman–Crippen LogP) is 5.71. The van der Waals surface area contributed by atoms with Crippen LogP contribution in [0.2, 0.25) is 0 Å². The van der Waals surface area contributed by atoms with E-state index in [0.717, 1.165) is 51.6 Å². The van der Waals surface area contributed by atoms with Crippen LogP contribution >= 0.6 is 0 Å². The SMILES string of the molecule is CCCN(Cc1nc2cc(C)ccc2n1-c1ccc(OC)cc1)C(=O)c1ccc(OC)cc1C. The lowest BCUT2D eigenvalue weighted by atomic mass is 10.1. The smallest absolute Gasteiger partial charge is 0.254 e. The molecule has 0 bridgehead atoms. The van der Waals surface area contributed by atoms with E-state index in [4.69, 9.17) is 14.5 Å². The monoisotopic (exact) mass is 457 g/mol. The van der Waals surface area contributed by atoms with Crippen LogP contribution in [0.25, 0.3) is 16.7 Å². The summed E-state index contributed by atoms with van der Waals surface area (Å²) in [6.07, 6.45) is 0.850. The third-order valence-corrected chi connectivity index (χ3v) is 5.99. The topological polar surface area (TPSA) is 56.6 Å². The van der Waals surface area contributed by atoms with E-state index in [1.165, 1.54) is 0 Å². The van der Waals surface area contributed by atoms with Crippen LogP contribution < -0.4 is 9.47 Å². The first-order valence-corrected chi connectivity index (χ1v) is 11.5. The highest BCUT2D eigenvalue weighted by Gasteiger charge is 2.22. The van der Waals surface area contributed by atoms with Gasteiger partial charge in [0.1, 0.15) is 17.3 Å². The van der Waals surface area contributed by atoms with Crippen molar-refractivity contribution < 1.29 is 14.3 Å². The number of methoxy groups -OCH3 is 2. The van der Waals surface area contributed by atoms with Gasteiger partial charge in [0.15, 0.2) is 0 Å². The molecule has 34 heavy (non-hydrogen) atoms. The van der Waals surface area contributed by atoms with Crippen molar-refractivity contribution in [1.29, 1.82) is 0 Å². The Kier molecular flexibility index (Phi) is 6.87. The number of hydrogen-bond donors (Lipinski definition) is 0. The Morgan fingerprint density at radius 2 is 1.65 bits per heavy atom. The molecule has 0 spiro atoms. The van der Waals surface area contributed by atoms with Crippen molar-refractivity contribution in [2.75, 3.05) is 20.8 Å². The molecule has 0 saturated heterocycles. The van der Waals surface area contributed by atoms with Crippen molar-refractivity contribution in [2.45, 2.75) is 33.7 Å². The highest BCUT2D eigenvalue weighted by molar-refractivity contribution is 5.95. The standard InChI is InChI=1S/C28H31N3O3/c1-6-15-30(28(32)24-13-12-23(34-5)17-20(24)3)18-27-29-25-16-19(2)7-14-26(25)31(27)21-8-10-22(33-4)11-9-21/h7-14,16-17H,6,15,18H2,1-5H3. The molecule has 0 aliphatic rings. The first-order chi connectivity index (χ1) is 16.4. The van der Waals surface area contributed by atoms with Gasteiger partial charge in [-0.1, -0.05) is 13.0 Å². The zero-order valence-corrected chi connectivity index (χ0v) is 20.5. The summed E-state index contributed by atoms with van der Waals surface area (Å²) in [5, 5.41) is 0. The molecule has 4 aromatic rings. The summed E-state index contributed by atoms with van der Waals surface area (Å²) in [6, 6.07) is 19.7. The van der Waals surface area contributed by atoms with E-state index in [2.05, 4.69) is 36.6 Å². The highest BCUT2D eigenvalue weighted by Crippen LogP contribution is 2.26. The fraction of sp³-hybridized carbons (Fsp3) is 0.286. The summed E-state index contributed by atoms with van der Waals surface area (Å²) in [7, 11) is 3.29. The van der Waals surface area contributed by atoms with E-state index in [-0.39, 0.29) is 5.91 Å². The molecular formula is C28H31N3O3. The molecule has 0 N–H and O–H groups in total.